The zero-order valence-electron chi connectivity index (χ0n) is 12.0. The molecule has 2 N–H and O–H groups in total. The molecule has 5 heteroatoms. The van der Waals surface area contributed by atoms with Gasteiger partial charge in [0.1, 0.15) is 16.9 Å². The van der Waals surface area contributed by atoms with Crippen LogP contribution in [-0.4, -0.2) is 21.2 Å². The third-order valence-electron chi connectivity index (χ3n) is 3.64. The molecule has 0 fully saturated rings. The van der Waals surface area contributed by atoms with Crippen LogP contribution in [0.15, 0.2) is 53.2 Å². The van der Waals surface area contributed by atoms with Gasteiger partial charge in [-0.25, -0.2) is 0 Å². The SMILES string of the molecule is CC(O)(c1cccnc1)c1cc2cc(CC(=O)O)ccc2o1. The lowest BCUT2D eigenvalue weighted by molar-refractivity contribution is -0.136. The molecule has 3 aromatic rings. The van der Waals surface area contributed by atoms with Crippen LogP contribution in [0.5, 0.6) is 0 Å². The highest BCUT2D eigenvalue weighted by Crippen LogP contribution is 2.33. The van der Waals surface area contributed by atoms with Gasteiger partial charge in [-0.3, -0.25) is 9.78 Å². The minimum absolute atomic E-state index is 0.0462. The lowest BCUT2D eigenvalue weighted by atomic mass is 9.95. The van der Waals surface area contributed by atoms with Gasteiger partial charge in [-0.05, 0) is 36.8 Å². The Bertz CT molecular complexity index is 821. The lowest BCUT2D eigenvalue weighted by Crippen LogP contribution is -2.22. The maximum Gasteiger partial charge on any atom is 0.307 e. The lowest BCUT2D eigenvalue weighted by Gasteiger charge is -2.20. The minimum Gasteiger partial charge on any atom is -0.481 e. The van der Waals surface area contributed by atoms with Gasteiger partial charge in [0.15, 0.2) is 0 Å². The average molecular weight is 297 g/mol. The first kappa shape index (κ1) is 14.3. The van der Waals surface area contributed by atoms with Gasteiger partial charge in [-0.2, -0.15) is 0 Å². The molecule has 0 saturated heterocycles. The molecule has 0 radical (unpaired) electrons. The molecule has 1 aromatic carbocycles. The van der Waals surface area contributed by atoms with Gasteiger partial charge >= 0.3 is 5.97 Å². The van der Waals surface area contributed by atoms with Crippen LogP contribution in [0.25, 0.3) is 11.0 Å². The molecule has 1 unspecified atom stereocenters. The summed E-state index contributed by atoms with van der Waals surface area (Å²) in [6.45, 7) is 1.64. The number of aromatic nitrogens is 1. The van der Waals surface area contributed by atoms with Crippen LogP contribution in [0.2, 0.25) is 0 Å². The summed E-state index contributed by atoms with van der Waals surface area (Å²) >= 11 is 0. The summed E-state index contributed by atoms with van der Waals surface area (Å²) in [5, 5.41) is 20.4. The van der Waals surface area contributed by atoms with Crippen molar-refractivity contribution in [3.05, 3.63) is 65.7 Å². The van der Waals surface area contributed by atoms with Crippen molar-refractivity contribution in [2.75, 3.05) is 0 Å². The topological polar surface area (TPSA) is 83.6 Å². The van der Waals surface area contributed by atoms with E-state index in [1.807, 2.05) is 0 Å². The molecular formula is C17H15NO4. The fourth-order valence-electron chi connectivity index (χ4n) is 2.41. The number of benzene rings is 1. The number of furan rings is 1. The second-order valence-electron chi connectivity index (χ2n) is 5.37. The third kappa shape index (κ3) is 2.58. The Kier molecular flexibility index (Phi) is 3.42. The first-order valence-electron chi connectivity index (χ1n) is 6.84. The van der Waals surface area contributed by atoms with Gasteiger partial charge in [0.05, 0.1) is 6.42 Å². The number of carbonyl (C=O) groups is 1. The van der Waals surface area contributed by atoms with Gasteiger partial charge in [-0.1, -0.05) is 12.1 Å². The summed E-state index contributed by atoms with van der Waals surface area (Å²) in [6, 6.07) is 10.4. The predicted molar refractivity (Wildman–Crippen MR) is 80.5 cm³/mol. The Balaban J connectivity index is 2.03. The van der Waals surface area contributed by atoms with Crippen LogP contribution in [0, 0.1) is 0 Å². The molecule has 2 heterocycles. The van der Waals surface area contributed by atoms with Crippen molar-refractivity contribution in [2.24, 2.45) is 0 Å². The van der Waals surface area contributed by atoms with Crippen LogP contribution in [0.3, 0.4) is 0 Å². The van der Waals surface area contributed by atoms with Crippen LogP contribution >= 0.6 is 0 Å². The minimum atomic E-state index is -1.31. The van der Waals surface area contributed by atoms with Gasteiger partial charge < -0.3 is 14.6 Å². The number of hydrogen-bond donors (Lipinski definition) is 2. The number of fused-ring (bicyclic) bond motifs is 1. The normalized spacial score (nSPS) is 13.9. The molecule has 22 heavy (non-hydrogen) atoms. The summed E-state index contributed by atoms with van der Waals surface area (Å²) in [7, 11) is 0. The number of pyridine rings is 1. The molecule has 112 valence electrons. The van der Waals surface area contributed by atoms with E-state index in [0.29, 0.717) is 22.5 Å². The zero-order valence-corrected chi connectivity index (χ0v) is 12.0. The summed E-state index contributed by atoms with van der Waals surface area (Å²) < 4.78 is 5.72. The molecule has 5 nitrogen and oxygen atoms in total. The predicted octanol–water partition coefficient (Wildman–Crippen LogP) is 2.71. The maximum absolute atomic E-state index is 10.8. The molecule has 3 rings (SSSR count). The van der Waals surface area contributed by atoms with Crippen molar-refractivity contribution in [1.29, 1.82) is 0 Å². The van der Waals surface area contributed by atoms with Crippen molar-refractivity contribution in [3.8, 4) is 0 Å². The van der Waals surface area contributed by atoms with Crippen molar-refractivity contribution >= 4 is 16.9 Å². The molecule has 2 aromatic heterocycles. The second kappa shape index (κ2) is 5.27. The first-order chi connectivity index (χ1) is 10.5. The smallest absolute Gasteiger partial charge is 0.307 e. The summed E-state index contributed by atoms with van der Waals surface area (Å²) in [5.74, 6) is -0.492. The highest BCUT2D eigenvalue weighted by atomic mass is 16.4. The van der Waals surface area contributed by atoms with Gasteiger partial charge in [0.2, 0.25) is 0 Å². The summed E-state index contributed by atoms with van der Waals surface area (Å²) in [4.78, 5) is 14.8. The molecule has 1 atom stereocenters. The molecule has 0 aliphatic carbocycles. The first-order valence-corrected chi connectivity index (χ1v) is 6.84. The van der Waals surface area contributed by atoms with Crippen LogP contribution in [0.1, 0.15) is 23.8 Å². The standard InChI is InChI=1S/C17H15NO4/c1-17(21,13-3-2-6-18-10-13)15-9-12-7-11(8-16(19)20)4-5-14(12)22-15/h2-7,9-10,21H,8H2,1H3,(H,19,20). The van der Waals surface area contributed by atoms with E-state index < -0.39 is 11.6 Å². The summed E-state index contributed by atoms with van der Waals surface area (Å²) in [6.07, 6.45) is 3.18. The highest BCUT2D eigenvalue weighted by molar-refractivity contribution is 5.81. The third-order valence-corrected chi connectivity index (χ3v) is 3.64. The van der Waals surface area contributed by atoms with Crippen molar-refractivity contribution in [3.63, 3.8) is 0 Å². The van der Waals surface area contributed by atoms with E-state index >= 15 is 0 Å². The summed E-state index contributed by atoms with van der Waals surface area (Å²) in [5.41, 5.74) is 0.613. The molecule has 0 aliphatic heterocycles. The van der Waals surface area contributed by atoms with E-state index in [-0.39, 0.29) is 6.42 Å². The Labute approximate surface area is 126 Å². The highest BCUT2D eigenvalue weighted by Gasteiger charge is 2.30. The van der Waals surface area contributed by atoms with Crippen molar-refractivity contribution in [2.45, 2.75) is 18.9 Å². The number of carboxylic acid groups (broad SMARTS) is 1. The number of aliphatic hydroxyl groups is 1. The van der Waals surface area contributed by atoms with E-state index in [4.69, 9.17) is 9.52 Å². The monoisotopic (exact) mass is 297 g/mol. The van der Waals surface area contributed by atoms with Crippen LogP contribution in [0.4, 0.5) is 0 Å². The van der Waals surface area contributed by atoms with Crippen molar-refractivity contribution in [1.82, 2.24) is 4.98 Å². The van der Waals surface area contributed by atoms with Gasteiger partial charge in [0.25, 0.3) is 0 Å². The van der Waals surface area contributed by atoms with E-state index in [0.717, 1.165) is 5.39 Å². The Morgan fingerprint density at radius 2 is 2.14 bits per heavy atom. The molecule has 0 aliphatic rings. The Morgan fingerprint density at radius 3 is 2.82 bits per heavy atom. The van der Waals surface area contributed by atoms with E-state index in [2.05, 4.69) is 4.98 Å². The van der Waals surface area contributed by atoms with Crippen LogP contribution in [-0.2, 0) is 16.8 Å². The molecule has 0 spiro atoms. The quantitative estimate of drug-likeness (QED) is 0.773. The van der Waals surface area contributed by atoms with E-state index in [1.54, 1.807) is 55.7 Å². The van der Waals surface area contributed by atoms with E-state index in [1.165, 1.54) is 0 Å². The number of carboxylic acids is 1. The molecule has 0 saturated carbocycles. The molecule has 0 amide bonds. The van der Waals surface area contributed by atoms with Crippen LogP contribution < -0.4 is 0 Å². The molecule has 0 bridgehead atoms. The second-order valence-corrected chi connectivity index (χ2v) is 5.37. The number of hydrogen-bond acceptors (Lipinski definition) is 4. The van der Waals surface area contributed by atoms with Crippen molar-refractivity contribution < 1.29 is 19.4 Å². The average Bonchev–Trinajstić information content (AvgIpc) is 2.91. The zero-order chi connectivity index (χ0) is 15.7. The molecular weight excluding hydrogens is 282 g/mol. The Hall–Kier alpha value is -2.66. The van der Waals surface area contributed by atoms with E-state index in [9.17, 15) is 9.90 Å². The fraction of sp³-hybridized carbons (Fsp3) is 0.176. The van der Waals surface area contributed by atoms with Gasteiger partial charge in [-0.15, -0.1) is 0 Å². The number of nitrogens with zero attached hydrogens (tertiary/aromatic N) is 1. The fourth-order valence-corrected chi connectivity index (χ4v) is 2.41. The van der Waals surface area contributed by atoms with Gasteiger partial charge in [0, 0.05) is 23.3 Å². The largest absolute Gasteiger partial charge is 0.481 e. The Morgan fingerprint density at radius 1 is 1.32 bits per heavy atom. The number of aliphatic carboxylic acids is 1. The number of rotatable bonds is 4. The maximum atomic E-state index is 10.8.